The van der Waals surface area contributed by atoms with E-state index in [0.29, 0.717) is 39.9 Å². The summed E-state index contributed by atoms with van der Waals surface area (Å²) < 4.78 is 19.8. The fourth-order valence-corrected chi connectivity index (χ4v) is 5.00. The molecule has 15 heteroatoms. The Kier molecular flexibility index (Phi) is 20.8. The molecular formula is C37H48Cl2N2O11. The molecule has 2 amide bonds. The summed E-state index contributed by atoms with van der Waals surface area (Å²) in [6.07, 6.45) is -1.56. The molecule has 3 heterocycles. The quantitative estimate of drug-likeness (QED) is 0.165. The number of aliphatic hydroxyl groups is 4. The summed E-state index contributed by atoms with van der Waals surface area (Å²) in [7, 11) is 1.00. The van der Waals surface area contributed by atoms with E-state index in [1.54, 1.807) is 38.1 Å². The Morgan fingerprint density at radius 2 is 1.75 bits per heavy atom. The second-order valence-electron chi connectivity index (χ2n) is 11.2. The normalized spacial score (nSPS) is 18.1. The van der Waals surface area contributed by atoms with Gasteiger partial charge in [-0.25, -0.2) is 4.79 Å². The summed E-state index contributed by atoms with van der Waals surface area (Å²) >= 11 is 12.3. The molecule has 2 aromatic carbocycles. The van der Waals surface area contributed by atoms with Crippen LogP contribution < -0.4 is 5.82 Å². The molecule has 5 unspecified atom stereocenters. The molecule has 13 nitrogen and oxygen atoms in total. The molecule has 52 heavy (non-hydrogen) atoms. The van der Waals surface area contributed by atoms with Gasteiger partial charge in [0.2, 0.25) is 12.3 Å². The number of carbonyl (C=O) groups excluding carboxylic acids is 2. The van der Waals surface area contributed by atoms with Crippen LogP contribution >= 0.6 is 23.2 Å². The predicted molar refractivity (Wildman–Crippen MR) is 195 cm³/mol. The van der Waals surface area contributed by atoms with Gasteiger partial charge < -0.3 is 38.5 Å². The van der Waals surface area contributed by atoms with Crippen LogP contribution in [0.2, 0.25) is 10.0 Å². The minimum atomic E-state index is -0.882. The van der Waals surface area contributed by atoms with Gasteiger partial charge in [-0.05, 0) is 51.5 Å². The highest BCUT2D eigenvalue weighted by atomic mass is 35.5. The number of aliphatic hydroxyl groups excluding tert-OH is 4. The first kappa shape index (κ1) is 46.0. The number of halogens is 2. The van der Waals surface area contributed by atoms with E-state index >= 15 is 0 Å². The van der Waals surface area contributed by atoms with Gasteiger partial charge in [-0.2, -0.15) is 0 Å². The minimum Gasteiger partial charge on any atom is -0.400 e. The van der Waals surface area contributed by atoms with Gasteiger partial charge >= 0.3 is 5.82 Å². The van der Waals surface area contributed by atoms with E-state index in [-0.39, 0.29) is 42.9 Å². The van der Waals surface area contributed by atoms with E-state index in [0.717, 1.165) is 23.1 Å². The molecule has 1 fully saturated rings. The molecule has 1 aliphatic rings. The van der Waals surface area contributed by atoms with E-state index < -0.39 is 30.2 Å². The first-order chi connectivity index (χ1) is 24.7. The predicted octanol–water partition coefficient (Wildman–Crippen LogP) is 5.81. The van der Waals surface area contributed by atoms with E-state index in [2.05, 4.69) is 21.7 Å². The van der Waals surface area contributed by atoms with Crippen LogP contribution in [0.5, 0.6) is 0 Å². The molecule has 2 aromatic heterocycles. The molecule has 0 saturated carbocycles. The summed E-state index contributed by atoms with van der Waals surface area (Å²) in [6.45, 7) is 12.9. The first-order valence-corrected chi connectivity index (χ1v) is 17.3. The van der Waals surface area contributed by atoms with Crippen LogP contribution in [0.4, 0.5) is 0 Å². The van der Waals surface area contributed by atoms with Gasteiger partial charge in [0, 0.05) is 42.2 Å². The molecule has 286 valence electrons. The van der Waals surface area contributed by atoms with E-state index in [1.807, 2.05) is 39.8 Å². The lowest BCUT2D eigenvalue weighted by atomic mass is 10.1. The molecule has 1 saturated heterocycles. The second kappa shape index (κ2) is 23.5. The number of rotatable bonds is 7. The lowest BCUT2D eigenvalue weighted by molar-refractivity contribution is -0.142. The zero-order valence-corrected chi connectivity index (χ0v) is 32.1. The number of aryl methyl sites for hydroxylation is 2. The van der Waals surface area contributed by atoms with Crippen molar-refractivity contribution in [2.24, 2.45) is 5.92 Å². The van der Waals surface area contributed by atoms with Crippen LogP contribution in [0, 0.1) is 31.9 Å². The summed E-state index contributed by atoms with van der Waals surface area (Å²) in [5.74, 6) is -0.272. The maximum absolute atomic E-state index is 11.8. The third-order valence-electron chi connectivity index (χ3n) is 7.42. The van der Waals surface area contributed by atoms with Crippen molar-refractivity contribution in [2.45, 2.75) is 92.3 Å². The third-order valence-corrected chi connectivity index (χ3v) is 8.05. The Morgan fingerprint density at radius 3 is 2.29 bits per heavy atom. The zero-order valence-electron chi connectivity index (χ0n) is 30.6. The summed E-state index contributed by atoms with van der Waals surface area (Å²) in [5, 5.41) is 39.7. The molecule has 5 rings (SSSR count). The van der Waals surface area contributed by atoms with Gasteiger partial charge in [0.15, 0.2) is 11.5 Å². The number of imide groups is 1. The fraction of sp³-hybridized carbons (Fsp3) is 0.459. The minimum absolute atomic E-state index is 0.0791. The van der Waals surface area contributed by atoms with Crippen molar-refractivity contribution in [1.82, 2.24) is 10.1 Å². The lowest BCUT2D eigenvalue weighted by Crippen LogP contribution is -2.35. The number of ether oxygens (including phenoxy) is 1. The average molecular weight is 768 g/mol. The zero-order chi connectivity index (χ0) is 39.5. The van der Waals surface area contributed by atoms with Gasteiger partial charge in [-0.3, -0.25) is 14.5 Å². The maximum atomic E-state index is 11.8. The SMILES string of the molecule is CC.CC1OCC(O)CC(O)C1O.CCC(C)C(=O)N(C=O)Cc1oc(=O)oc1C.CO.Cc1c#ccc(-c2cc(-c3c(Cl)cccc3Cl)no2)c1. The average Bonchev–Trinajstić information content (AvgIpc) is 3.73. The fourth-order valence-electron chi connectivity index (χ4n) is 4.41. The summed E-state index contributed by atoms with van der Waals surface area (Å²) in [6, 6.07) is 16.8. The van der Waals surface area contributed by atoms with Crippen LogP contribution in [-0.2, 0) is 20.9 Å². The number of amides is 2. The highest BCUT2D eigenvalue weighted by Gasteiger charge is 2.29. The van der Waals surface area contributed by atoms with Gasteiger partial charge in [-0.15, -0.1) is 0 Å². The van der Waals surface area contributed by atoms with Gasteiger partial charge in [0.05, 0.1) is 41.5 Å². The van der Waals surface area contributed by atoms with Crippen LogP contribution in [0.15, 0.2) is 54.6 Å². The number of nitrogens with zero attached hydrogens (tertiary/aromatic N) is 2. The van der Waals surface area contributed by atoms with Crippen molar-refractivity contribution in [3.05, 3.63) is 86.3 Å². The Balaban J connectivity index is 0.000000385. The molecule has 0 spiro atoms. The standard InChI is InChI=1S/C16H9Cl2NO.C11H15NO5.C7H14O4.C2H6.CH4O/c1-10-4-2-5-11(8-10)15-9-14(19-20-15)16-12(17)6-3-7-13(16)18;1-4-7(2)10(14)12(6-13)5-9-8(3)16-11(15)17-9;1-4-7(10)6(9)2-5(8)3-11-4;2*1-2/h3,5-9H,1H3;6-7H,4-5H2,1-3H3;4-10H,2-3H2,1H3;1-2H3;2H,1H3. The lowest BCUT2D eigenvalue weighted by Gasteiger charge is -2.18. The van der Waals surface area contributed by atoms with Gasteiger partial charge in [-0.1, -0.05) is 74.3 Å². The van der Waals surface area contributed by atoms with Crippen LogP contribution in [0.1, 0.15) is 64.5 Å². The topological polar surface area (TPSA) is 197 Å². The number of aromatic nitrogens is 1. The Morgan fingerprint density at radius 1 is 1.12 bits per heavy atom. The van der Waals surface area contributed by atoms with Crippen molar-refractivity contribution < 1.29 is 48.1 Å². The van der Waals surface area contributed by atoms with Crippen molar-refractivity contribution in [2.75, 3.05) is 13.7 Å². The van der Waals surface area contributed by atoms with Crippen molar-refractivity contribution in [3.63, 3.8) is 0 Å². The van der Waals surface area contributed by atoms with E-state index in [4.69, 9.17) is 47.1 Å². The molecule has 0 radical (unpaired) electrons. The molecule has 5 atom stereocenters. The molecule has 4 N–H and O–H groups in total. The van der Waals surface area contributed by atoms with E-state index in [9.17, 15) is 24.6 Å². The Labute approximate surface area is 313 Å². The van der Waals surface area contributed by atoms with Crippen LogP contribution in [-0.4, -0.2) is 80.9 Å². The van der Waals surface area contributed by atoms with Gasteiger partial charge in [0.25, 0.3) is 0 Å². The number of hydrogen-bond donors (Lipinski definition) is 4. The van der Waals surface area contributed by atoms with E-state index in [1.165, 1.54) is 6.92 Å². The van der Waals surface area contributed by atoms with Crippen molar-refractivity contribution in [1.29, 1.82) is 0 Å². The highest BCUT2D eigenvalue weighted by molar-refractivity contribution is 6.39. The number of benzene rings is 1. The van der Waals surface area contributed by atoms with Crippen molar-refractivity contribution >= 4 is 35.5 Å². The Bertz CT molecular complexity index is 1680. The van der Waals surface area contributed by atoms with Gasteiger partial charge in [0.1, 0.15) is 17.6 Å². The number of hydrogen-bond acceptors (Lipinski definition) is 12. The molecule has 1 aliphatic heterocycles. The smallest absolute Gasteiger partial charge is 0.400 e. The number of carbonyl (C=O) groups is 2. The third kappa shape index (κ3) is 13.9. The molecular weight excluding hydrogens is 719 g/mol. The van der Waals surface area contributed by atoms with Crippen molar-refractivity contribution in [3.8, 4) is 22.6 Å². The molecule has 4 aromatic rings. The monoisotopic (exact) mass is 766 g/mol. The molecule has 0 bridgehead atoms. The first-order valence-electron chi connectivity index (χ1n) is 16.5. The summed E-state index contributed by atoms with van der Waals surface area (Å²) in [5.41, 5.74) is 3.16. The summed E-state index contributed by atoms with van der Waals surface area (Å²) in [4.78, 5) is 34.4. The maximum Gasteiger partial charge on any atom is 0.519 e. The Hall–Kier alpha value is -4.00. The van der Waals surface area contributed by atoms with Crippen LogP contribution in [0.3, 0.4) is 0 Å². The largest absolute Gasteiger partial charge is 0.519 e. The molecule has 0 aliphatic carbocycles. The van der Waals surface area contributed by atoms with Crippen LogP contribution in [0.25, 0.3) is 22.6 Å². The second-order valence-corrected chi connectivity index (χ2v) is 12.0. The highest BCUT2D eigenvalue weighted by Crippen LogP contribution is 2.35.